The summed E-state index contributed by atoms with van der Waals surface area (Å²) in [6.07, 6.45) is 0. The van der Waals surface area contributed by atoms with E-state index in [4.69, 9.17) is 4.74 Å². The molecule has 0 atom stereocenters. The minimum atomic E-state index is -0.404. The van der Waals surface area contributed by atoms with Crippen LogP contribution in [0.1, 0.15) is 10.4 Å². The number of rotatable bonds is 7. The Morgan fingerprint density at radius 3 is 2.42 bits per heavy atom. The lowest BCUT2D eigenvalue weighted by Crippen LogP contribution is -2.30. The summed E-state index contributed by atoms with van der Waals surface area (Å²) in [7, 11) is 2.92. The number of carbonyl (C=O) groups is 2. The Hall–Kier alpha value is -1.92. The number of esters is 1. The van der Waals surface area contributed by atoms with Crippen molar-refractivity contribution in [2.24, 2.45) is 0 Å². The number of hydrogen-bond acceptors (Lipinski definition) is 5. The lowest BCUT2D eigenvalue weighted by Gasteiger charge is -2.07. The first-order chi connectivity index (χ1) is 9.17. The number of carbonyl (C=O) groups excluding carboxylic acids is 2. The largest absolute Gasteiger partial charge is 0.465 e. The summed E-state index contributed by atoms with van der Waals surface area (Å²) in [4.78, 5) is 22.8. The van der Waals surface area contributed by atoms with E-state index in [-0.39, 0.29) is 12.5 Å². The number of hydrogen-bond donors (Lipinski definition) is 2. The van der Waals surface area contributed by atoms with Crippen LogP contribution in [-0.4, -0.2) is 45.8 Å². The Kier molecular flexibility index (Phi) is 6.56. The van der Waals surface area contributed by atoms with Crippen LogP contribution in [0.2, 0.25) is 0 Å². The summed E-state index contributed by atoms with van der Waals surface area (Å²) in [5, 5.41) is 5.64. The van der Waals surface area contributed by atoms with E-state index in [9.17, 15) is 9.59 Å². The Labute approximate surface area is 112 Å². The average molecular weight is 266 g/mol. The molecule has 2 N–H and O–H groups in total. The molecular weight excluding hydrogens is 248 g/mol. The highest BCUT2D eigenvalue weighted by molar-refractivity contribution is 5.93. The van der Waals surface area contributed by atoms with Crippen molar-refractivity contribution < 1.29 is 19.1 Å². The zero-order valence-electron chi connectivity index (χ0n) is 11.1. The third kappa shape index (κ3) is 5.50. The van der Waals surface area contributed by atoms with E-state index >= 15 is 0 Å². The van der Waals surface area contributed by atoms with Crippen molar-refractivity contribution >= 4 is 17.6 Å². The normalized spacial score (nSPS) is 10.0. The quantitative estimate of drug-likeness (QED) is 0.559. The third-order valence-electron chi connectivity index (χ3n) is 2.36. The van der Waals surface area contributed by atoms with Crippen LogP contribution in [0.5, 0.6) is 0 Å². The molecule has 1 amide bonds. The second-order valence-electron chi connectivity index (χ2n) is 3.79. The monoisotopic (exact) mass is 266 g/mol. The molecule has 0 saturated heterocycles. The highest BCUT2D eigenvalue weighted by Gasteiger charge is 2.05. The molecule has 0 aromatic heterocycles. The minimum Gasteiger partial charge on any atom is -0.465 e. The summed E-state index contributed by atoms with van der Waals surface area (Å²) in [5.41, 5.74) is 1.07. The van der Waals surface area contributed by atoms with Gasteiger partial charge in [-0.3, -0.25) is 4.79 Å². The first kappa shape index (κ1) is 15.1. The zero-order chi connectivity index (χ0) is 14.1. The van der Waals surface area contributed by atoms with Crippen LogP contribution in [0.15, 0.2) is 24.3 Å². The molecule has 1 aromatic rings. The van der Waals surface area contributed by atoms with E-state index in [2.05, 4.69) is 15.4 Å². The molecule has 1 aromatic carbocycles. The van der Waals surface area contributed by atoms with Crippen LogP contribution < -0.4 is 10.6 Å². The topological polar surface area (TPSA) is 76.7 Å². The summed E-state index contributed by atoms with van der Waals surface area (Å²) >= 11 is 0. The van der Waals surface area contributed by atoms with Crippen LogP contribution in [-0.2, 0) is 14.3 Å². The molecule has 0 unspecified atom stereocenters. The molecule has 19 heavy (non-hydrogen) atoms. The minimum absolute atomic E-state index is 0.151. The SMILES string of the molecule is COCCNCC(=O)Nc1ccc(C(=O)OC)cc1. The van der Waals surface area contributed by atoms with E-state index in [0.717, 1.165) is 0 Å². The maximum absolute atomic E-state index is 11.5. The first-order valence-electron chi connectivity index (χ1n) is 5.85. The second-order valence-corrected chi connectivity index (χ2v) is 3.79. The van der Waals surface area contributed by atoms with Gasteiger partial charge in [0, 0.05) is 19.3 Å². The van der Waals surface area contributed by atoms with Crippen LogP contribution in [0.25, 0.3) is 0 Å². The molecule has 0 aliphatic carbocycles. The highest BCUT2D eigenvalue weighted by atomic mass is 16.5. The van der Waals surface area contributed by atoms with Crippen LogP contribution in [0.4, 0.5) is 5.69 Å². The molecule has 0 heterocycles. The van der Waals surface area contributed by atoms with Gasteiger partial charge >= 0.3 is 5.97 Å². The first-order valence-corrected chi connectivity index (χ1v) is 5.85. The van der Waals surface area contributed by atoms with E-state index in [1.807, 2.05) is 0 Å². The zero-order valence-corrected chi connectivity index (χ0v) is 11.1. The van der Waals surface area contributed by atoms with E-state index in [0.29, 0.717) is 24.4 Å². The Bertz CT molecular complexity index is 417. The lowest BCUT2D eigenvalue weighted by molar-refractivity contribution is -0.115. The fourth-order valence-corrected chi connectivity index (χ4v) is 1.39. The van der Waals surface area contributed by atoms with Gasteiger partial charge in [0.1, 0.15) is 0 Å². The van der Waals surface area contributed by atoms with Gasteiger partial charge in [-0.15, -0.1) is 0 Å². The van der Waals surface area contributed by atoms with Crippen LogP contribution >= 0.6 is 0 Å². The van der Waals surface area contributed by atoms with E-state index in [1.165, 1.54) is 7.11 Å². The molecule has 0 fully saturated rings. The summed E-state index contributed by atoms with van der Waals surface area (Å²) < 4.78 is 9.44. The van der Waals surface area contributed by atoms with Crippen molar-refractivity contribution in [3.63, 3.8) is 0 Å². The number of methoxy groups -OCH3 is 2. The van der Waals surface area contributed by atoms with Crippen molar-refractivity contribution in [2.75, 3.05) is 39.2 Å². The van der Waals surface area contributed by atoms with Crippen molar-refractivity contribution in [3.05, 3.63) is 29.8 Å². The molecule has 104 valence electrons. The average Bonchev–Trinajstić information content (AvgIpc) is 2.43. The van der Waals surface area contributed by atoms with Gasteiger partial charge in [0.25, 0.3) is 0 Å². The Morgan fingerprint density at radius 2 is 1.84 bits per heavy atom. The van der Waals surface area contributed by atoms with Gasteiger partial charge in [-0.1, -0.05) is 0 Å². The molecule has 0 radical (unpaired) electrons. The molecule has 0 aliphatic rings. The fourth-order valence-electron chi connectivity index (χ4n) is 1.39. The van der Waals surface area contributed by atoms with Gasteiger partial charge in [0.05, 0.1) is 25.8 Å². The summed E-state index contributed by atoms with van der Waals surface area (Å²) in [6.45, 7) is 1.38. The molecule has 0 saturated carbocycles. The molecule has 0 spiro atoms. The number of nitrogens with one attached hydrogen (secondary N) is 2. The molecule has 6 heteroatoms. The number of amides is 1. The van der Waals surface area contributed by atoms with Crippen molar-refractivity contribution in [1.29, 1.82) is 0 Å². The van der Waals surface area contributed by atoms with Gasteiger partial charge in [-0.05, 0) is 24.3 Å². The van der Waals surface area contributed by atoms with Gasteiger partial charge in [-0.25, -0.2) is 4.79 Å². The molecule has 6 nitrogen and oxygen atoms in total. The van der Waals surface area contributed by atoms with Gasteiger partial charge < -0.3 is 20.1 Å². The molecule has 0 bridgehead atoms. The van der Waals surface area contributed by atoms with Crippen molar-refractivity contribution in [1.82, 2.24) is 5.32 Å². The molecule has 0 aliphatic heterocycles. The van der Waals surface area contributed by atoms with Crippen LogP contribution in [0.3, 0.4) is 0 Å². The maximum Gasteiger partial charge on any atom is 0.337 e. The Morgan fingerprint density at radius 1 is 1.16 bits per heavy atom. The predicted molar refractivity (Wildman–Crippen MR) is 71.2 cm³/mol. The maximum atomic E-state index is 11.5. The Balaban J connectivity index is 2.40. The van der Waals surface area contributed by atoms with Crippen molar-refractivity contribution in [2.45, 2.75) is 0 Å². The summed E-state index contributed by atoms with van der Waals surface area (Å²) in [5.74, 6) is -0.555. The second kappa shape index (κ2) is 8.23. The predicted octanol–water partition coefficient (Wildman–Crippen LogP) is 0.648. The van der Waals surface area contributed by atoms with E-state index in [1.54, 1.807) is 31.4 Å². The number of ether oxygens (including phenoxy) is 2. The van der Waals surface area contributed by atoms with E-state index < -0.39 is 5.97 Å². The fraction of sp³-hybridized carbons (Fsp3) is 0.385. The number of anilines is 1. The van der Waals surface area contributed by atoms with Gasteiger partial charge in [0.2, 0.25) is 5.91 Å². The van der Waals surface area contributed by atoms with Gasteiger partial charge in [-0.2, -0.15) is 0 Å². The molecule has 1 rings (SSSR count). The van der Waals surface area contributed by atoms with Crippen LogP contribution in [0, 0.1) is 0 Å². The van der Waals surface area contributed by atoms with Crippen molar-refractivity contribution in [3.8, 4) is 0 Å². The number of benzene rings is 1. The lowest BCUT2D eigenvalue weighted by atomic mass is 10.2. The summed E-state index contributed by atoms with van der Waals surface area (Å²) in [6, 6.07) is 6.50. The standard InChI is InChI=1S/C13H18N2O4/c1-18-8-7-14-9-12(16)15-11-5-3-10(4-6-11)13(17)19-2/h3-6,14H,7-9H2,1-2H3,(H,15,16). The smallest absolute Gasteiger partial charge is 0.337 e. The van der Waals surface area contributed by atoms with Gasteiger partial charge in [0.15, 0.2) is 0 Å². The third-order valence-corrected chi connectivity index (χ3v) is 2.36. The molecular formula is C13H18N2O4. The highest BCUT2D eigenvalue weighted by Crippen LogP contribution is 2.10.